The van der Waals surface area contributed by atoms with E-state index in [9.17, 15) is 4.39 Å². The summed E-state index contributed by atoms with van der Waals surface area (Å²) in [4.78, 5) is 10.7. The first-order valence-electron chi connectivity index (χ1n) is 12.8. The minimum atomic E-state index is -0.319. The Labute approximate surface area is 217 Å². The van der Waals surface area contributed by atoms with Crippen LogP contribution in [-0.2, 0) is 0 Å². The number of ether oxygens (including phenoxy) is 1. The summed E-state index contributed by atoms with van der Waals surface area (Å²) in [7, 11) is 0. The second-order valence-corrected chi connectivity index (χ2v) is 9.67. The van der Waals surface area contributed by atoms with Crippen LogP contribution in [0.3, 0.4) is 0 Å². The fourth-order valence-electron chi connectivity index (χ4n) is 5.27. The number of halogens is 1. The Hall–Kier alpha value is -4.50. The number of nitrogens with one attached hydrogen (secondary N) is 3. The van der Waals surface area contributed by atoms with Crippen molar-refractivity contribution in [3.05, 3.63) is 72.8 Å². The summed E-state index contributed by atoms with van der Waals surface area (Å²) >= 11 is 0. The lowest BCUT2D eigenvalue weighted by Gasteiger charge is -2.15. The van der Waals surface area contributed by atoms with Crippen LogP contribution in [0.5, 0.6) is 5.75 Å². The monoisotopic (exact) mass is 507 g/mol. The fraction of sp³-hybridized carbons (Fsp3) is 0.207. The van der Waals surface area contributed by atoms with Crippen molar-refractivity contribution in [3.63, 3.8) is 0 Å². The molecule has 0 amide bonds. The van der Waals surface area contributed by atoms with Gasteiger partial charge in [0.25, 0.3) is 0 Å². The number of fused-ring (bicyclic) bond motifs is 2. The Morgan fingerprint density at radius 1 is 0.974 bits per heavy atom. The molecule has 2 aromatic carbocycles. The van der Waals surface area contributed by atoms with Gasteiger partial charge >= 0.3 is 0 Å². The van der Waals surface area contributed by atoms with Crippen molar-refractivity contribution >= 4 is 21.9 Å². The number of aromatic nitrogens is 6. The summed E-state index contributed by atoms with van der Waals surface area (Å²) in [5.74, 6) is 0.224. The highest BCUT2D eigenvalue weighted by Crippen LogP contribution is 2.35. The predicted molar refractivity (Wildman–Crippen MR) is 145 cm³/mol. The highest BCUT2D eigenvalue weighted by Gasteiger charge is 2.17. The van der Waals surface area contributed by atoms with E-state index in [0.29, 0.717) is 12.4 Å². The number of pyridine rings is 1. The van der Waals surface area contributed by atoms with Gasteiger partial charge < -0.3 is 9.72 Å². The summed E-state index contributed by atoms with van der Waals surface area (Å²) in [6, 6.07) is 16.8. The predicted octanol–water partition coefficient (Wildman–Crippen LogP) is 5.78. The van der Waals surface area contributed by atoms with Crippen LogP contribution in [0.2, 0.25) is 0 Å². The molecule has 3 N–H and O–H groups in total. The van der Waals surface area contributed by atoms with Gasteiger partial charge in [-0.1, -0.05) is 12.1 Å². The number of likely N-dealkylation sites (tertiary alicyclic amines) is 1. The molecule has 0 aliphatic carbocycles. The van der Waals surface area contributed by atoms with E-state index in [1.54, 1.807) is 12.3 Å². The average Bonchev–Trinajstić information content (AvgIpc) is 3.73. The Morgan fingerprint density at radius 2 is 1.89 bits per heavy atom. The van der Waals surface area contributed by atoms with Gasteiger partial charge in [0, 0.05) is 35.3 Å². The summed E-state index contributed by atoms with van der Waals surface area (Å²) in [6.45, 7) is 3.63. The van der Waals surface area contributed by atoms with E-state index in [1.165, 1.54) is 18.9 Å². The largest absolute Gasteiger partial charge is 0.492 e. The number of hydrogen-bond acceptors (Lipinski definition) is 5. The molecular formula is C29H26FN7O. The van der Waals surface area contributed by atoms with E-state index >= 15 is 0 Å². The van der Waals surface area contributed by atoms with E-state index in [0.717, 1.165) is 75.3 Å². The quantitative estimate of drug-likeness (QED) is 0.255. The maximum absolute atomic E-state index is 14.7. The molecule has 4 aromatic heterocycles. The van der Waals surface area contributed by atoms with Crippen molar-refractivity contribution in [2.24, 2.45) is 0 Å². The third kappa shape index (κ3) is 4.20. The topological polar surface area (TPSA) is 98.5 Å². The molecule has 7 rings (SSSR count). The second kappa shape index (κ2) is 9.42. The second-order valence-electron chi connectivity index (χ2n) is 9.67. The van der Waals surface area contributed by atoms with Crippen molar-refractivity contribution < 1.29 is 9.13 Å². The SMILES string of the molecule is Fc1cc(OCCN2CCCC2)cc(-c2cccc3[nH]c(-c4n[nH]c5ccc(-c6cn[nH]c6)nc45)cc23)c1. The number of benzene rings is 2. The Balaban J connectivity index is 1.23. The summed E-state index contributed by atoms with van der Waals surface area (Å²) in [6.07, 6.45) is 6.03. The van der Waals surface area contributed by atoms with Crippen LogP contribution in [0.1, 0.15) is 12.8 Å². The van der Waals surface area contributed by atoms with Gasteiger partial charge in [0.2, 0.25) is 0 Å². The lowest BCUT2D eigenvalue weighted by molar-refractivity contribution is 0.237. The van der Waals surface area contributed by atoms with Gasteiger partial charge in [-0.3, -0.25) is 15.1 Å². The zero-order valence-corrected chi connectivity index (χ0v) is 20.7. The van der Waals surface area contributed by atoms with Crippen LogP contribution in [0, 0.1) is 5.82 Å². The molecule has 5 heterocycles. The molecule has 38 heavy (non-hydrogen) atoms. The molecule has 6 aromatic rings. The van der Waals surface area contributed by atoms with Crippen LogP contribution in [0.25, 0.3) is 55.7 Å². The fourth-order valence-corrected chi connectivity index (χ4v) is 5.27. The normalized spacial score (nSPS) is 14.1. The zero-order chi connectivity index (χ0) is 25.5. The van der Waals surface area contributed by atoms with Crippen molar-refractivity contribution in [1.29, 1.82) is 0 Å². The van der Waals surface area contributed by atoms with Gasteiger partial charge in [-0.15, -0.1) is 0 Å². The average molecular weight is 508 g/mol. The van der Waals surface area contributed by atoms with Gasteiger partial charge in [-0.05, 0) is 73.5 Å². The summed E-state index contributed by atoms with van der Waals surface area (Å²) in [5.41, 5.74) is 7.48. The van der Waals surface area contributed by atoms with Crippen molar-refractivity contribution in [3.8, 4) is 39.5 Å². The summed E-state index contributed by atoms with van der Waals surface area (Å²) < 4.78 is 20.6. The van der Waals surface area contributed by atoms with Gasteiger partial charge in [0.15, 0.2) is 0 Å². The van der Waals surface area contributed by atoms with Crippen molar-refractivity contribution in [1.82, 2.24) is 35.3 Å². The molecule has 0 saturated carbocycles. The van der Waals surface area contributed by atoms with E-state index in [2.05, 4.69) is 30.3 Å². The van der Waals surface area contributed by atoms with Crippen molar-refractivity contribution in [2.75, 3.05) is 26.2 Å². The van der Waals surface area contributed by atoms with E-state index in [1.807, 2.05) is 48.7 Å². The van der Waals surface area contributed by atoms with Crippen molar-refractivity contribution in [2.45, 2.75) is 12.8 Å². The third-order valence-corrected chi connectivity index (χ3v) is 7.18. The van der Waals surface area contributed by atoms with Crippen LogP contribution >= 0.6 is 0 Å². The number of H-pyrrole nitrogens is 3. The number of nitrogens with zero attached hydrogens (tertiary/aromatic N) is 4. The lowest BCUT2D eigenvalue weighted by atomic mass is 10.0. The molecule has 0 radical (unpaired) electrons. The highest BCUT2D eigenvalue weighted by molar-refractivity contribution is 6.00. The molecule has 1 aliphatic heterocycles. The van der Waals surface area contributed by atoms with Crippen LogP contribution < -0.4 is 4.74 Å². The molecule has 0 bridgehead atoms. The number of hydrogen-bond donors (Lipinski definition) is 3. The molecule has 1 fully saturated rings. The smallest absolute Gasteiger partial charge is 0.135 e. The van der Waals surface area contributed by atoms with E-state index < -0.39 is 0 Å². The standard InChI is InChI=1S/C29H26FN7O/c30-20-12-18(13-21(14-20)38-11-10-37-8-1-2-9-37)22-4-3-5-25-23(22)15-27(33-25)29-28-26(35-36-29)7-6-24(34-28)19-16-31-32-17-19/h3-7,12-17,33H,1-2,8-11H2,(H,31,32)(H,35,36). The van der Waals surface area contributed by atoms with Crippen LogP contribution in [0.4, 0.5) is 4.39 Å². The summed E-state index contributed by atoms with van der Waals surface area (Å²) in [5, 5.41) is 15.5. The van der Waals surface area contributed by atoms with Crippen LogP contribution in [0.15, 0.2) is 67.0 Å². The van der Waals surface area contributed by atoms with E-state index in [4.69, 9.17) is 9.72 Å². The third-order valence-electron chi connectivity index (χ3n) is 7.18. The maximum atomic E-state index is 14.7. The van der Waals surface area contributed by atoms with Gasteiger partial charge in [-0.25, -0.2) is 9.37 Å². The number of aromatic amines is 3. The first-order valence-corrected chi connectivity index (χ1v) is 12.8. The molecule has 8 nitrogen and oxygen atoms in total. The highest BCUT2D eigenvalue weighted by atomic mass is 19.1. The molecule has 1 saturated heterocycles. The first-order chi connectivity index (χ1) is 18.7. The zero-order valence-electron chi connectivity index (χ0n) is 20.7. The Bertz CT molecular complexity index is 1730. The molecule has 0 spiro atoms. The Morgan fingerprint density at radius 3 is 2.76 bits per heavy atom. The lowest BCUT2D eigenvalue weighted by Crippen LogP contribution is -2.25. The first kappa shape index (κ1) is 22.7. The van der Waals surface area contributed by atoms with Gasteiger partial charge in [0.05, 0.1) is 23.1 Å². The molecular weight excluding hydrogens is 481 g/mol. The van der Waals surface area contributed by atoms with Crippen LogP contribution in [-0.4, -0.2) is 61.5 Å². The minimum Gasteiger partial charge on any atom is -0.492 e. The Kier molecular flexibility index (Phi) is 5.62. The number of rotatable bonds is 7. The molecule has 0 atom stereocenters. The molecule has 9 heteroatoms. The molecule has 1 aliphatic rings. The minimum absolute atomic E-state index is 0.319. The molecule has 0 unspecified atom stereocenters. The van der Waals surface area contributed by atoms with E-state index in [-0.39, 0.29) is 5.82 Å². The maximum Gasteiger partial charge on any atom is 0.135 e. The molecule has 190 valence electrons. The van der Waals surface area contributed by atoms with Gasteiger partial charge in [-0.2, -0.15) is 10.2 Å². The van der Waals surface area contributed by atoms with Gasteiger partial charge in [0.1, 0.15) is 29.4 Å².